The van der Waals surface area contributed by atoms with Gasteiger partial charge in [0.05, 0.1) is 11.9 Å². The minimum atomic E-state index is -0.00706. The van der Waals surface area contributed by atoms with Gasteiger partial charge in [0.2, 0.25) is 0 Å². The molecule has 3 rings (SSSR count). The molecule has 0 radical (unpaired) electrons. The number of halogens is 1. The van der Waals surface area contributed by atoms with E-state index < -0.39 is 0 Å². The van der Waals surface area contributed by atoms with Crippen LogP contribution in [0.15, 0.2) is 42.2 Å². The molecule has 0 fully saturated rings. The Morgan fingerprint density at radius 3 is 2.86 bits per heavy atom. The summed E-state index contributed by atoms with van der Waals surface area (Å²) in [6.07, 6.45) is 5.50. The normalized spacial score (nSPS) is 12.3. The predicted molar refractivity (Wildman–Crippen MR) is 87.0 cm³/mol. The molecule has 1 atom stereocenters. The number of thiophene rings is 1. The number of aryl methyl sites for hydroxylation is 2. The Hall–Kier alpha value is -1.85. The first-order chi connectivity index (χ1) is 10.1. The molecule has 0 bridgehead atoms. The van der Waals surface area contributed by atoms with Gasteiger partial charge >= 0.3 is 0 Å². The Labute approximate surface area is 132 Å². The quantitative estimate of drug-likeness (QED) is 0.738. The minimum absolute atomic E-state index is 0.00706. The van der Waals surface area contributed by atoms with E-state index in [4.69, 9.17) is 11.6 Å². The summed E-state index contributed by atoms with van der Waals surface area (Å²) in [6.45, 7) is 1.95. The van der Waals surface area contributed by atoms with Gasteiger partial charge in [-0.05, 0) is 30.0 Å². The molecule has 0 aliphatic carbocycles. The topological polar surface area (TPSA) is 42.7 Å². The largest absolute Gasteiger partial charge is 0.370 e. The van der Waals surface area contributed by atoms with Gasteiger partial charge in [-0.25, -0.2) is 9.97 Å². The fourth-order valence-electron chi connectivity index (χ4n) is 2.18. The highest BCUT2D eigenvalue weighted by Crippen LogP contribution is 2.29. The minimum Gasteiger partial charge on any atom is -0.370 e. The third-order valence-electron chi connectivity index (χ3n) is 3.27. The summed E-state index contributed by atoms with van der Waals surface area (Å²) in [7, 11) is 2.00. The van der Waals surface area contributed by atoms with Crippen molar-refractivity contribution in [3.8, 4) is 0 Å². The van der Waals surface area contributed by atoms with Gasteiger partial charge in [0.15, 0.2) is 0 Å². The van der Waals surface area contributed by atoms with Crippen molar-refractivity contribution in [1.29, 1.82) is 0 Å². The summed E-state index contributed by atoms with van der Waals surface area (Å²) in [4.78, 5) is 9.87. The zero-order valence-electron chi connectivity index (χ0n) is 11.7. The van der Waals surface area contributed by atoms with E-state index in [0.717, 1.165) is 17.1 Å². The molecule has 0 spiro atoms. The molecule has 1 N–H and O–H groups in total. The molecule has 0 aliphatic heterocycles. The van der Waals surface area contributed by atoms with Crippen molar-refractivity contribution in [2.75, 3.05) is 5.32 Å². The zero-order valence-corrected chi connectivity index (χ0v) is 13.3. The van der Waals surface area contributed by atoms with Crippen molar-refractivity contribution in [2.24, 2.45) is 7.05 Å². The highest BCUT2D eigenvalue weighted by atomic mass is 35.5. The maximum atomic E-state index is 5.99. The fourth-order valence-corrected chi connectivity index (χ4v) is 3.05. The lowest BCUT2D eigenvalue weighted by molar-refractivity contribution is 0.756. The van der Waals surface area contributed by atoms with E-state index in [1.54, 1.807) is 17.5 Å². The molecule has 1 unspecified atom stereocenters. The summed E-state index contributed by atoms with van der Waals surface area (Å²) in [5, 5.41) is 6.10. The van der Waals surface area contributed by atoms with Crippen LogP contribution in [0.25, 0.3) is 0 Å². The highest BCUT2D eigenvalue weighted by Gasteiger charge is 2.19. The Balaban J connectivity index is 1.97. The third kappa shape index (κ3) is 2.94. The molecular weight excluding hydrogens is 304 g/mol. The van der Waals surface area contributed by atoms with Gasteiger partial charge in [0.25, 0.3) is 0 Å². The molecule has 0 aromatic carbocycles. The number of nitrogens with zero attached hydrogens (tertiary/aromatic N) is 3. The van der Waals surface area contributed by atoms with Gasteiger partial charge in [0, 0.05) is 24.3 Å². The third-order valence-corrected chi connectivity index (χ3v) is 4.60. The zero-order chi connectivity index (χ0) is 14.8. The number of anilines is 1. The van der Waals surface area contributed by atoms with E-state index >= 15 is 0 Å². The SMILES string of the molecule is Cc1cc(NC(c2cccs2)c2nccn2C)cnc1Cl. The van der Waals surface area contributed by atoms with Gasteiger partial charge in [-0.2, -0.15) is 0 Å². The summed E-state index contributed by atoms with van der Waals surface area (Å²) in [5.41, 5.74) is 1.88. The maximum absolute atomic E-state index is 5.99. The second-order valence-corrected chi connectivity index (χ2v) is 6.16. The van der Waals surface area contributed by atoms with E-state index in [2.05, 4.69) is 26.7 Å². The highest BCUT2D eigenvalue weighted by molar-refractivity contribution is 7.10. The summed E-state index contributed by atoms with van der Waals surface area (Å²) < 4.78 is 2.02. The standard InChI is InChI=1S/C15H15ClN4S/c1-10-8-11(9-18-14(10)16)19-13(12-4-3-7-21-12)15-17-5-6-20(15)2/h3-9,13,19H,1-2H3. The molecule has 4 nitrogen and oxygen atoms in total. The van der Waals surface area contributed by atoms with Crippen LogP contribution in [-0.4, -0.2) is 14.5 Å². The van der Waals surface area contributed by atoms with Crippen LogP contribution in [-0.2, 0) is 7.05 Å². The van der Waals surface area contributed by atoms with E-state index in [1.807, 2.05) is 43.1 Å². The van der Waals surface area contributed by atoms with Crippen LogP contribution in [0.1, 0.15) is 22.3 Å². The van der Waals surface area contributed by atoms with Crippen LogP contribution in [0.3, 0.4) is 0 Å². The van der Waals surface area contributed by atoms with Crippen molar-refractivity contribution in [2.45, 2.75) is 13.0 Å². The van der Waals surface area contributed by atoms with Gasteiger partial charge in [-0.15, -0.1) is 11.3 Å². The lowest BCUT2D eigenvalue weighted by atomic mass is 10.2. The van der Waals surface area contributed by atoms with Gasteiger partial charge in [-0.1, -0.05) is 17.7 Å². The Kier molecular flexibility index (Phi) is 3.94. The van der Waals surface area contributed by atoms with E-state index in [1.165, 1.54) is 4.88 Å². The molecule has 21 heavy (non-hydrogen) atoms. The lowest BCUT2D eigenvalue weighted by Crippen LogP contribution is -2.15. The maximum Gasteiger partial charge on any atom is 0.136 e. The average Bonchev–Trinajstić information content (AvgIpc) is 3.12. The van der Waals surface area contributed by atoms with Gasteiger partial charge < -0.3 is 9.88 Å². The Morgan fingerprint density at radius 2 is 2.24 bits per heavy atom. The smallest absolute Gasteiger partial charge is 0.136 e. The summed E-state index contributed by atoms with van der Waals surface area (Å²) >= 11 is 7.69. The summed E-state index contributed by atoms with van der Waals surface area (Å²) in [6, 6.07) is 6.14. The predicted octanol–water partition coefficient (Wildman–Crippen LogP) is 4.04. The molecular formula is C15H15ClN4S. The number of hydrogen-bond acceptors (Lipinski definition) is 4. The van der Waals surface area contributed by atoms with Crippen LogP contribution in [0.4, 0.5) is 5.69 Å². The number of nitrogens with one attached hydrogen (secondary N) is 1. The Morgan fingerprint density at radius 1 is 1.38 bits per heavy atom. The van der Waals surface area contributed by atoms with Crippen molar-refractivity contribution in [1.82, 2.24) is 14.5 Å². The molecule has 3 aromatic rings. The number of aromatic nitrogens is 3. The van der Waals surface area contributed by atoms with E-state index in [-0.39, 0.29) is 6.04 Å². The van der Waals surface area contributed by atoms with Crippen molar-refractivity contribution >= 4 is 28.6 Å². The first kappa shape index (κ1) is 14.1. The van der Waals surface area contributed by atoms with Gasteiger partial charge in [0.1, 0.15) is 17.0 Å². The monoisotopic (exact) mass is 318 g/mol. The molecule has 6 heteroatoms. The summed E-state index contributed by atoms with van der Waals surface area (Å²) in [5.74, 6) is 0.963. The van der Waals surface area contributed by atoms with Gasteiger partial charge in [-0.3, -0.25) is 0 Å². The lowest BCUT2D eigenvalue weighted by Gasteiger charge is -2.19. The van der Waals surface area contributed by atoms with Crippen LogP contribution >= 0.6 is 22.9 Å². The number of rotatable bonds is 4. The molecule has 3 heterocycles. The Bertz CT molecular complexity index is 736. The first-order valence-corrected chi connectivity index (χ1v) is 7.80. The fraction of sp³-hybridized carbons (Fsp3) is 0.200. The van der Waals surface area contributed by atoms with Crippen LogP contribution in [0.2, 0.25) is 5.15 Å². The number of pyridine rings is 1. The van der Waals surface area contributed by atoms with E-state index in [9.17, 15) is 0 Å². The molecule has 0 saturated heterocycles. The molecule has 108 valence electrons. The van der Waals surface area contributed by atoms with Crippen molar-refractivity contribution in [3.63, 3.8) is 0 Å². The number of imidazole rings is 1. The van der Waals surface area contributed by atoms with Crippen LogP contribution < -0.4 is 5.32 Å². The first-order valence-electron chi connectivity index (χ1n) is 6.54. The second-order valence-electron chi connectivity index (χ2n) is 4.82. The van der Waals surface area contributed by atoms with Crippen molar-refractivity contribution in [3.05, 3.63) is 63.6 Å². The molecule has 0 saturated carbocycles. The number of hydrogen-bond donors (Lipinski definition) is 1. The van der Waals surface area contributed by atoms with Crippen molar-refractivity contribution < 1.29 is 0 Å². The molecule has 3 aromatic heterocycles. The molecule has 0 aliphatic rings. The van der Waals surface area contributed by atoms with E-state index in [0.29, 0.717) is 5.15 Å². The second kappa shape index (κ2) is 5.87. The average molecular weight is 319 g/mol. The molecule has 0 amide bonds. The van der Waals surface area contributed by atoms with Crippen LogP contribution in [0.5, 0.6) is 0 Å². The van der Waals surface area contributed by atoms with Crippen LogP contribution in [0, 0.1) is 6.92 Å².